The first kappa shape index (κ1) is 9.84. The van der Waals surface area contributed by atoms with E-state index in [9.17, 15) is 0 Å². The lowest BCUT2D eigenvalue weighted by Gasteiger charge is -2.38. The molecular formula is C10H16ClN3. The van der Waals surface area contributed by atoms with Crippen molar-refractivity contribution >= 4 is 17.4 Å². The van der Waals surface area contributed by atoms with Crippen LogP contribution in [0.3, 0.4) is 0 Å². The second-order valence-corrected chi connectivity index (χ2v) is 4.86. The summed E-state index contributed by atoms with van der Waals surface area (Å²) in [6.45, 7) is 4.53. The Balaban J connectivity index is 2.03. The molecule has 2 N–H and O–H groups in total. The normalized spacial score (nSPS) is 26.6. The molecule has 0 amide bonds. The number of hydrogen-bond acceptors (Lipinski definition) is 2. The minimum absolute atomic E-state index is 0.467. The highest BCUT2D eigenvalue weighted by atomic mass is 35.5. The van der Waals surface area contributed by atoms with Crippen LogP contribution in [0.4, 0.5) is 5.82 Å². The molecule has 1 aliphatic carbocycles. The van der Waals surface area contributed by atoms with E-state index in [0.717, 1.165) is 11.8 Å². The van der Waals surface area contributed by atoms with Crippen LogP contribution in [-0.4, -0.2) is 9.78 Å². The van der Waals surface area contributed by atoms with Crippen LogP contribution in [0.5, 0.6) is 0 Å². The summed E-state index contributed by atoms with van der Waals surface area (Å²) in [6.07, 6.45) is 3.99. The van der Waals surface area contributed by atoms with Gasteiger partial charge in [0, 0.05) is 0 Å². The minimum atomic E-state index is 0.467. The number of anilines is 1. The average Bonchev–Trinajstić information content (AvgIpc) is 2.32. The van der Waals surface area contributed by atoms with Crippen molar-refractivity contribution in [2.75, 3.05) is 5.73 Å². The van der Waals surface area contributed by atoms with E-state index in [2.05, 4.69) is 18.9 Å². The molecule has 3 nitrogen and oxygen atoms in total. The van der Waals surface area contributed by atoms with Gasteiger partial charge in [0.1, 0.15) is 10.8 Å². The van der Waals surface area contributed by atoms with E-state index in [4.69, 9.17) is 17.3 Å². The number of rotatable bonds is 2. The van der Waals surface area contributed by atoms with Gasteiger partial charge in [-0.15, -0.1) is 0 Å². The van der Waals surface area contributed by atoms with Crippen LogP contribution in [0.15, 0.2) is 6.20 Å². The molecule has 0 atom stereocenters. The molecule has 0 saturated heterocycles. The second-order valence-electron chi connectivity index (χ2n) is 4.45. The largest absolute Gasteiger partial charge is 0.383 e. The Morgan fingerprint density at radius 1 is 1.57 bits per heavy atom. The molecule has 0 radical (unpaired) electrons. The van der Waals surface area contributed by atoms with Crippen LogP contribution in [0.25, 0.3) is 0 Å². The number of nitrogens with two attached hydrogens (primary N) is 1. The predicted molar refractivity (Wildman–Crippen MR) is 58.2 cm³/mol. The maximum atomic E-state index is 5.85. The van der Waals surface area contributed by atoms with E-state index in [-0.39, 0.29) is 0 Å². The van der Waals surface area contributed by atoms with Gasteiger partial charge in [-0.1, -0.05) is 25.4 Å². The molecular weight excluding hydrogens is 198 g/mol. The van der Waals surface area contributed by atoms with Gasteiger partial charge < -0.3 is 5.73 Å². The first-order valence-corrected chi connectivity index (χ1v) is 5.46. The molecule has 1 aromatic heterocycles. The molecule has 0 unspecified atom stereocenters. The third-order valence-electron chi connectivity index (χ3n) is 3.23. The minimum Gasteiger partial charge on any atom is -0.383 e. The fourth-order valence-corrected chi connectivity index (χ4v) is 2.15. The summed E-state index contributed by atoms with van der Waals surface area (Å²) in [4.78, 5) is 0. The summed E-state index contributed by atoms with van der Waals surface area (Å²) in [7, 11) is 0. The van der Waals surface area contributed by atoms with E-state index in [1.54, 1.807) is 6.20 Å². The lowest BCUT2D eigenvalue weighted by atomic mass is 9.74. The molecule has 78 valence electrons. The van der Waals surface area contributed by atoms with Gasteiger partial charge >= 0.3 is 0 Å². The smallest absolute Gasteiger partial charge is 0.140 e. The van der Waals surface area contributed by atoms with Crippen molar-refractivity contribution < 1.29 is 0 Å². The highest BCUT2D eigenvalue weighted by Crippen LogP contribution is 2.43. The summed E-state index contributed by atoms with van der Waals surface area (Å²) >= 11 is 5.85. The molecule has 14 heavy (non-hydrogen) atoms. The number of aromatic nitrogens is 2. The van der Waals surface area contributed by atoms with E-state index in [1.807, 2.05) is 4.68 Å². The maximum absolute atomic E-state index is 5.85. The van der Waals surface area contributed by atoms with Crippen molar-refractivity contribution in [1.29, 1.82) is 0 Å². The van der Waals surface area contributed by atoms with Crippen LogP contribution < -0.4 is 5.73 Å². The van der Waals surface area contributed by atoms with Crippen LogP contribution >= 0.6 is 11.6 Å². The van der Waals surface area contributed by atoms with Gasteiger partial charge in [0.2, 0.25) is 0 Å². The van der Waals surface area contributed by atoms with E-state index in [1.165, 1.54) is 12.8 Å². The number of halogens is 1. The third kappa shape index (κ3) is 1.50. The SMILES string of the molecule is CC(C)C1CC(n2ncc(Cl)c2N)C1. The topological polar surface area (TPSA) is 43.8 Å². The summed E-state index contributed by atoms with van der Waals surface area (Å²) < 4.78 is 1.86. The van der Waals surface area contributed by atoms with E-state index in [0.29, 0.717) is 16.9 Å². The van der Waals surface area contributed by atoms with Gasteiger partial charge in [-0.3, -0.25) is 0 Å². The fourth-order valence-electron chi connectivity index (χ4n) is 2.02. The molecule has 0 aliphatic heterocycles. The Kier molecular flexibility index (Phi) is 2.43. The Bertz CT molecular complexity index is 326. The molecule has 1 fully saturated rings. The van der Waals surface area contributed by atoms with Crippen molar-refractivity contribution in [1.82, 2.24) is 9.78 Å². The highest BCUT2D eigenvalue weighted by Gasteiger charge is 2.33. The molecule has 1 heterocycles. The first-order chi connectivity index (χ1) is 6.59. The Labute approximate surface area is 89.2 Å². The van der Waals surface area contributed by atoms with Crippen LogP contribution in [0.2, 0.25) is 5.02 Å². The number of hydrogen-bond donors (Lipinski definition) is 1. The van der Waals surface area contributed by atoms with Gasteiger partial charge in [-0.25, -0.2) is 4.68 Å². The van der Waals surface area contributed by atoms with Crippen molar-refractivity contribution in [3.8, 4) is 0 Å². The molecule has 0 spiro atoms. The molecule has 1 aliphatic rings. The standard InChI is InChI=1S/C10H16ClN3/c1-6(2)7-3-8(4-7)14-10(12)9(11)5-13-14/h5-8H,3-4,12H2,1-2H3. The number of nitrogen functional groups attached to an aromatic ring is 1. The molecule has 1 saturated carbocycles. The van der Waals surface area contributed by atoms with Crippen LogP contribution in [0, 0.1) is 11.8 Å². The second kappa shape index (κ2) is 3.46. The van der Waals surface area contributed by atoms with Gasteiger partial charge in [0.25, 0.3) is 0 Å². The summed E-state index contributed by atoms with van der Waals surface area (Å²) in [5.41, 5.74) is 5.80. The quantitative estimate of drug-likeness (QED) is 0.821. The lowest BCUT2D eigenvalue weighted by molar-refractivity contribution is 0.139. The lowest BCUT2D eigenvalue weighted by Crippen LogP contribution is -2.31. The Hall–Kier alpha value is -0.700. The molecule has 1 aromatic rings. The summed E-state index contributed by atoms with van der Waals surface area (Å²) in [6, 6.07) is 0.467. The monoisotopic (exact) mass is 213 g/mol. The first-order valence-electron chi connectivity index (χ1n) is 5.08. The van der Waals surface area contributed by atoms with Gasteiger partial charge in [-0.2, -0.15) is 5.10 Å². The summed E-state index contributed by atoms with van der Waals surface area (Å²) in [5.74, 6) is 2.19. The summed E-state index contributed by atoms with van der Waals surface area (Å²) in [5, 5.41) is 4.76. The van der Waals surface area contributed by atoms with Gasteiger partial charge in [0.05, 0.1) is 12.2 Å². The van der Waals surface area contributed by atoms with Gasteiger partial charge in [-0.05, 0) is 24.7 Å². The van der Waals surface area contributed by atoms with Crippen molar-refractivity contribution in [3.05, 3.63) is 11.2 Å². The third-order valence-corrected chi connectivity index (χ3v) is 3.52. The predicted octanol–water partition coefficient (Wildman–Crippen LogP) is 2.73. The molecule has 4 heteroatoms. The van der Waals surface area contributed by atoms with Crippen molar-refractivity contribution in [2.24, 2.45) is 11.8 Å². The zero-order valence-electron chi connectivity index (χ0n) is 8.57. The molecule has 2 rings (SSSR count). The van der Waals surface area contributed by atoms with E-state index >= 15 is 0 Å². The Morgan fingerprint density at radius 3 is 2.64 bits per heavy atom. The maximum Gasteiger partial charge on any atom is 0.140 e. The number of nitrogens with zero attached hydrogens (tertiary/aromatic N) is 2. The Morgan fingerprint density at radius 2 is 2.21 bits per heavy atom. The zero-order valence-corrected chi connectivity index (χ0v) is 9.33. The average molecular weight is 214 g/mol. The van der Waals surface area contributed by atoms with Crippen molar-refractivity contribution in [2.45, 2.75) is 32.7 Å². The fraction of sp³-hybridized carbons (Fsp3) is 0.700. The van der Waals surface area contributed by atoms with Crippen molar-refractivity contribution in [3.63, 3.8) is 0 Å². The van der Waals surface area contributed by atoms with E-state index < -0.39 is 0 Å². The van der Waals surface area contributed by atoms with Gasteiger partial charge in [0.15, 0.2) is 0 Å². The van der Waals surface area contributed by atoms with Crippen LogP contribution in [0.1, 0.15) is 32.7 Å². The van der Waals surface area contributed by atoms with Crippen LogP contribution in [-0.2, 0) is 0 Å². The highest BCUT2D eigenvalue weighted by molar-refractivity contribution is 6.32. The molecule has 0 bridgehead atoms. The zero-order chi connectivity index (χ0) is 10.3. The molecule has 0 aromatic carbocycles.